The molecule has 0 saturated carbocycles. The molecule has 0 atom stereocenters. The highest BCUT2D eigenvalue weighted by molar-refractivity contribution is 6.43. The highest BCUT2D eigenvalue weighted by atomic mass is 35.5. The Hall–Kier alpha value is -1.59. The van der Waals surface area contributed by atoms with Gasteiger partial charge in [0.25, 0.3) is 0 Å². The number of anilines is 2. The van der Waals surface area contributed by atoms with Crippen molar-refractivity contribution in [2.45, 2.75) is 6.92 Å². The van der Waals surface area contributed by atoms with Gasteiger partial charge < -0.3 is 10.6 Å². The quantitative estimate of drug-likeness (QED) is 0.943. The van der Waals surface area contributed by atoms with Crippen LogP contribution in [0.15, 0.2) is 18.2 Å². The third-order valence-electron chi connectivity index (χ3n) is 2.72. The molecule has 0 aliphatic heterocycles. The summed E-state index contributed by atoms with van der Waals surface area (Å²) in [4.78, 5) is 6.06. The molecule has 7 heteroatoms. The molecule has 0 spiro atoms. The molecule has 100 valence electrons. The van der Waals surface area contributed by atoms with Crippen LogP contribution in [0.2, 0.25) is 10.0 Å². The van der Waals surface area contributed by atoms with E-state index in [1.54, 1.807) is 18.2 Å². The molecule has 0 saturated heterocycles. The van der Waals surface area contributed by atoms with Gasteiger partial charge in [-0.25, -0.2) is 0 Å². The molecule has 0 aliphatic rings. The third kappa shape index (κ3) is 2.72. The molecule has 1 aromatic carbocycles. The van der Waals surface area contributed by atoms with Crippen LogP contribution in [0.3, 0.4) is 0 Å². The molecule has 0 unspecified atom stereocenters. The summed E-state index contributed by atoms with van der Waals surface area (Å²) in [7, 11) is 1.86. The first-order chi connectivity index (χ1) is 9.04. The van der Waals surface area contributed by atoms with Crippen molar-refractivity contribution in [3.8, 4) is 11.3 Å². The van der Waals surface area contributed by atoms with E-state index in [-0.39, 0.29) is 5.82 Å². The topological polar surface area (TPSA) is 67.9 Å². The fraction of sp³-hybridized carbons (Fsp3) is 0.250. The molecule has 0 bridgehead atoms. The molecule has 5 nitrogen and oxygen atoms in total. The summed E-state index contributed by atoms with van der Waals surface area (Å²) in [5.41, 5.74) is 6.98. The number of rotatable bonds is 3. The van der Waals surface area contributed by atoms with Gasteiger partial charge in [0.05, 0.1) is 10.0 Å². The van der Waals surface area contributed by atoms with Crippen LogP contribution in [0.25, 0.3) is 11.3 Å². The van der Waals surface area contributed by atoms with Crippen molar-refractivity contribution < 1.29 is 0 Å². The van der Waals surface area contributed by atoms with E-state index in [0.29, 0.717) is 27.3 Å². The molecule has 19 heavy (non-hydrogen) atoms. The van der Waals surface area contributed by atoms with Crippen LogP contribution in [0, 0.1) is 0 Å². The van der Waals surface area contributed by atoms with Gasteiger partial charge >= 0.3 is 0 Å². The maximum atomic E-state index is 6.14. The summed E-state index contributed by atoms with van der Waals surface area (Å²) in [6.07, 6.45) is 0. The van der Waals surface area contributed by atoms with Gasteiger partial charge in [-0.2, -0.15) is 4.98 Å². The van der Waals surface area contributed by atoms with Crippen LogP contribution in [0.5, 0.6) is 0 Å². The largest absolute Gasteiger partial charge is 0.382 e. The summed E-state index contributed by atoms with van der Waals surface area (Å²) >= 11 is 12.1. The Balaban J connectivity index is 2.49. The Labute approximate surface area is 121 Å². The molecule has 0 radical (unpaired) electrons. The normalized spacial score (nSPS) is 10.5. The van der Waals surface area contributed by atoms with E-state index in [1.165, 1.54) is 0 Å². The Kier molecular flexibility index (Phi) is 4.07. The van der Waals surface area contributed by atoms with Crippen molar-refractivity contribution in [3.05, 3.63) is 28.2 Å². The summed E-state index contributed by atoms with van der Waals surface area (Å²) in [6.45, 7) is 2.75. The predicted octanol–water partition coefficient (Wildman–Crippen LogP) is 2.88. The van der Waals surface area contributed by atoms with Gasteiger partial charge in [0, 0.05) is 19.2 Å². The number of aromatic nitrogens is 3. The lowest BCUT2D eigenvalue weighted by molar-refractivity contribution is 0.860. The fourth-order valence-electron chi connectivity index (χ4n) is 1.51. The standard InChI is InChI=1S/C12H13Cl2N5/c1-3-19(2)12-16-11(15)10(17-18-12)7-5-4-6-8(13)9(7)14/h4-6H,3H2,1-2H3,(H2,15,16,18). The highest BCUT2D eigenvalue weighted by Gasteiger charge is 2.14. The van der Waals surface area contributed by atoms with E-state index in [9.17, 15) is 0 Å². The zero-order chi connectivity index (χ0) is 14.0. The number of halogens is 2. The van der Waals surface area contributed by atoms with E-state index in [4.69, 9.17) is 28.9 Å². The second-order valence-electron chi connectivity index (χ2n) is 3.96. The molecule has 1 aromatic heterocycles. The van der Waals surface area contributed by atoms with Crippen molar-refractivity contribution in [2.24, 2.45) is 0 Å². The summed E-state index contributed by atoms with van der Waals surface area (Å²) in [5, 5.41) is 8.97. The fourth-order valence-corrected chi connectivity index (χ4v) is 1.90. The number of hydrogen-bond donors (Lipinski definition) is 1. The average molecular weight is 298 g/mol. The van der Waals surface area contributed by atoms with Crippen LogP contribution in [0.1, 0.15) is 6.92 Å². The van der Waals surface area contributed by atoms with Crippen LogP contribution in [0.4, 0.5) is 11.8 Å². The Morgan fingerprint density at radius 1 is 1.26 bits per heavy atom. The first kappa shape index (κ1) is 13.8. The van der Waals surface area contributed by atoms with Crippen LogP contribution >= 0.6 is 23.2 Å². The Bertz CT molecular complexity index is 603. The summed E-state index contributed by atoms with van der Waals surface area (Å²) in [6, 6.07) is 5.25. The molecule has 2 rings (SSSR count). The maximum Gasteiger partial charge on any atom is 0.247 e. The van der Waals surface area contributed by atoms with Gasteiger partial charge in [0.2, 0.25) is 5.95 Å². The molecule has 2 N–H and O–H groups in total. The number of nitrogen functional groups attached to an aromatic ring is 1. The second kappa shape index (κ2) is 5.59. The van der Waals surface area contributed by atoms with Gasteiger partial charge in [-0.1, -0.05) is 35.3 Å². The Morgan fingerprint density at radius 2 is 2.00 bits per heavy atom. The highest BCUT2D eigenvalue weighted by Crippen LogP contribution is 2.34. The van der Waals surface area contributed by atoms with Gasteiger partial charge in [-0.05, 0) is 13.0 Å². The minimum absolute atomic E-state index is 0.273. The lowest BCUT2D eigenvalue weighted by Crippen LogP contribution is -2.20. The molecule has 0 amide bonds. The van der Waals surface area contributed by atoms with Gasteiger partial charge in [0.1, 0.15) is 5.69 Å². The number of hydrogen-bond acceptors (Lipinski definition) is 5. The van der Waals surface area contributed by atoms with E-state index in [2.05, 4.69) is 15.2 Å². The van der Waals surface area contributed by atoms with Crippen molar-refractivity contribution in [1.82, 2.24) is 15.2 Å². The van der Waals surface area contributed by atoms with Gasteiger partial charge in [-0.15, -0.1) is 10.2 Å². The number of nitrogens with zero attached hydrogens (tertiary/aromatic N) is 4. The summed E-state index contributed by atoms with van der Waals surface area (Å²) < 4.78 is 0. The molecule has 0 fully saturated rings. The van der Waals surface area contributed by atoms with E-state index < -0.39 is 0 Å². The van der Waals surface area contributed by atoms with Crippen molar-refractivity contribution >= 4 is 35.0 Å². The number of benzene rings is 1. The lowest BCUT2D eigenvalue weighted by atomic mass is 10.1. The lowest BCUT2D eigenvalue weighted by Gasteiger charge is -2.14. The Morgan fingerprint density at radius 3 is 2.63 bits per heavy atom. The minimum atomic E-state index is 0.273. The predicted molar refractivity (Wildman–Crippen MR) is 78.6 cm³/mol. The van der Waals surface area contributed by atoms with Crippen LogP contribution in [-0.4, -0.2) is 28.8 Å². The number of nitrogens with two attached hydrogens (primary N) is 1. The molecule has 2 aromatic rings. The zero-order valence-corrected chi connectivity index (χ0v) is 12.1. The molecular weight excluding hydrogens is 285 g/mol. The van der Waals surface area contributed by atoms with E-state index in [1.807, 2.05) is 18.9 Å². The zero-order valence-electron chi connectivity index (χ0n) is 10.6. The van der Waals surface area contributed by atoms with Crippen molar-refractivity contribution in [2.75, 3.05) is 24.2 Å². The SMILES string of the molecule is CCN(C)c1nnc(-c2cccc(Cl)c2Cl)c(N)n1. The van der Waals surface area contributed by atoms with E-state index in [0.717, 1.165) is 6.54 Å². The average Bonchev–Trinajstić information content (AvgIpc) is 2.41. The van der Waals surface area contributed by atoms with Crippen LogP contribution in [-0.2, 0) is 0 Å². The molecule has 1 heterocycles. The summed E-state index contributed by atoms with van der Waals surface area (Å²) in [5.74, 6) is 0.747. The first-order valence-corrected chi connectivity index (χ1v) is 6.46. The van der Waals surface area contributed by atoms with Crippen molar-refractivity contribution in [3.63, 3.8) is 0 Å². The van der Waals surface area contributed by atoms with E-state index >= 15 is 0 Å². The molecule has 0 aliphatic carbocycles. The molecular formula is C12H13Cl2N5. The first-order valence-electron chi connectivity index (χ1n) is 5.70. The minimum Gasteiger partial charge on any atom is -0.382 e. The second-order valence-corrected chi connectivity index (χ2v) is 4.75. The maximum absolute atomic E-state index is 6.14. The monoisotopic (exact) mass is 297 g/mol. The van der Waals surface area contributed by atoms with Crippen molar-refractivity contribution in [1.29, 1.82) is 0 Å². The third-order valence-corrected chi connectivity index (χ3v) is 3.54. The van der Waals surface area contributed by atoms with Gasteiger partial charge in [-0.3, -0.25) is 0 Å². The van der Waals surface area contributed by atoms with Gasteiger partial charge in [0.15, 0.2) is 5.82 Å². The van der Waals surface area contributed by atoms with Crippen LogP contribution < -0.4 is 10.6 Å². The smallest absolute Gasteiger partial charge is 0.247 e.